The largest absolute Gasteiger partial charge is 0.454 e. The van der Waals surface area contributed by atoms with Gasteiger partial charge in [-0.3, -0.25) is 4.98 Å². The van der Waals surface area contributed by atoms with Crippen LogP contribution in [-0.2, 0) is 0 Å². The smallest absolute Gasteiger partial charge is 0.162 e. The number of anilines is 3. The van der Waals surface area contributed by atoms with E-state index in [1.54, 1.807) is 0 Å². The maximum Gasteiger partial charge on any atom is 0.162 e. The molecule has 3 heteroatoms. The highest BCUT2D eigenvalue weighted by molar-refractivity contribution is 6.14. The fourth-order valence-corrected chi connectivity index (χ4v) is 6.73. The molecule has 0 aliphatic rings. The molecular weight excluding hydrogens is 560 g/mol. The summed E-state index contributed by atoms with van der Waals surface area (Å²) in [5.41, 5.74) is 9.36. The maximum atomic E-state index is 6.50. The number of rotatable bonds is 5. The molecule has 0 amide bonds. The van der Waals surface area contributed by atoms with Gasteiger partial charge in [-0.25, -0.2) is 0 Å². The van der Waals surface area contributed by atoms with Gasteiger partial charge in [0.05, 0.1) is 6.20 Å². The third kappa shape index (κ3) is 4.33. The first-order valence-electron chi connectivity index (χ1n) is 15.5. The van der Waals surface area contributed by atoms with Gasteiger partial charge >= 0.3 is 0 Å². The molecule has 2 heterocycles. The Morgan fingerprint density at radius 1 is 0.435 bits per heavy atom. The summed E-state index contributed by atoms with van der Waals surface area (Å²) < 4.78 is 6.50. The quantitative estimate of drug-likeness (QED) is 0.187. The lowest BCUT2D eigenvalue weighted by Gasteiger charge is -2.25. The van der Waals surface area contributed by atoms with Crippen LogP contribution >= 0.6 is 0 Å². The van der Waals surface area contributed by atoms with E-state index >= 15 is 0 Å². The van der Waals surface area contributed by atoms with Crippen molar-refractivity contribution in [1.82, 2.24) is 4.98 Å². The Bertz CT molecular complexity index is 2510. The van der Waals surface area contributed by atoms with Gasteiger partial charge in [0.25, 0.3) is 0 Å². The van der Waals surface area contributed by atoms with E-state index in [4.69, 9.17) is 9.40 Å². The van der Waals surface area contributed by atoms with Crippen molar-refractivity contribution < 1.29 is 4.42 Å². The summed E-state index contributed by atoms with van der Waals surface area (Å²) in [5, 5.41) is 7.09. The summed E-state index contributed by atoms with van der Waals surface area (Å²) in [6.45, 7) is 0. The lowest BCUT2D eigenvalue weighted by atomic mass is 9.93. The van der Waals surface area contributed by atoms with Crippen LogP contribution in [0.1, 0.15) is 0 Å². The van der Waals surface area contributed by atoms with Gasteiger partial charge in [0, 0.05) is 28.3 Å². The van der Waals surface area contributed by atoms with Crippen molar-refractivity contribution in [3.8, 4) is 22.3 Å². The van der Waals surface area contributed by atoms with E-state index in [0.29, 0.717) is 0 Å². The van der Waals surface area contributed by atoms with Crippen molar-refractivity contribution >= 4 is 60.5 Å². The lowest BCUT2D eigenvalue weighted by molar-refractivity contribution is 0.668. The second-order valence-corrected chi connectivity index (χ2v) is 11.6. The number of hydrogen-bond donors (Lipinski definition) is 0. The molecule has 46 heavy (non-hydrogen) atoms. The van der Waals surface area contributed by atoms with Gasteiger partial charge in [-0.05, 0) is 80.2 Å². The molecule has 0 saturated carbocycles. The molecule has 0 unspecified atom stereocenters. The van der Waals surface area contributed by atoms with E-state index in [9.17, 15) is 0 Å². The Balaban J connectivity index is 1.21. The van der Waals surface area contributed by atoms with Crippen molar-refractivity contribution in [3.63, 3.8) is 0 Å². The number of para-hydroxylation sites is 1. The first-order chi connectivity index (χ1) is 22.8. The fourth-order valence-electron chi connectivity index (χ4n) is 6.73. The number of benzene rings is 7. The fraction of sp³-hybridized carbons (Fsp3) is 0. The van der Waals surface area contributed by atoms with E-state index in [-0.39, 0.29) is 0 Å². The first kappa shape index (κ1) is 26.2. The van der Waals surface area contributed by atoms with Crippen molar-refractivity contribution in [2.75, 3.05) is 4.90 Å². The van der Waals surface area contributed by atoms with E-state index in [2.05, 4.69) is 138 Å². The number of hydrogen-bond acceptors (Lipinski definition) is 3. The maximum absolute atomic E-state index is 6.50. The van der Waals surface area contributed by atoms with Crippen LogP contribution in [-0.4, -0.2) is 4.98 Å². The Labute approximate surface area is 266 Å². The predicted octanol–water partition coefficient (Wildman–Crippen LogP) is 12.1. The highest BCUT2D eigenvalue weighted by Gasteiger charge is 2.20. The van der Waals surface area contributed by atoms with Crippen molar-refractivity contribution in [2.24, 2.45) is 0 Å². The highest BCUT2D eigenvalue weighted by Crippen LogP contribution is 2.43. The van der Waals surface area contributed by atoms with E-state index in [0.717, 1.165) is 39.0 Å². The highest BCUT2D eigenvalue weighted by atomic mass is 16.3. The molecule has 0 radical (unpaired) electrons. The summed E-state index contributed by atoms with van der Waals surface area (Å²) in [7, 11) is 0. The molecule has 0 spiro atoms. The Hall–Kier alpha value is -6.19. The second-order valence-electron chi connectivity index (χ2n) is 11.6. The first-order valence-corrected chi connectivity index (χ1v) is 15.5. The summed E-state index contributed by atoms with van der Waals surface area (Å²) in [6.07, 6.45) is 3.80. The van der Waals surface area contributed by atoms with Crippen LogP contribution < -0.4 is 4.90 Å². The number of aromatic nitrogens is 1. The van der Waals surface area contributed by atoms with E-state index in [1.165, 1.54) is 43.8 Å². The SMILES string of the molecule is c1ccc(-c2ccc(N(c3ccc(-c4cc5ccccc5c5ccccc45)cc3)c3cncc4c3oc3ccccc34)cc2)cc1. The molecule has 7 aromatic carbocycles. The normalized spacial score (nSPS) is 11.5. The molecule has 0 bridgehead atoms. The third-order valence-corrected chi connectivity index (χ3v) is 8.95. The molecule has 0 N–H and O–H groups in total. The van der Waals surface area contributed by atoms with Gasteiger partial charge in [0.15, 0.2) is 5.58 Å². The van der Waals surface area contributed by atoms with Gasteiger partial charge < -0.3 is 9.32 Å². The van der Waals surface area contributed by atoms with E-state index in [1.807, 2.05) is 36.7 Å². The van der Waals surface area contributed by atoms with Gasteiger partial charge in [0.2, 0.25) is 0 Å². The summed E-state index contributed by atoms with van der Waals surface area (Å²) in [4.78, 5) is 6.94. The van der Waals surface area contributed by atoms with Crippen molar-refractivity contribution in [2.45, 2.75) is 0 Å². The van der Waals surface area contributed by atoms with Crippen molar-refractivity contribution in [3.05, 3.63) is 170 Å². The molecule has 9 aromatic rings. The molecule has 0 aliphatic heterocycles. The zero-order chi connectivity index (χ0) is 30.5. The molecule has 0 atom stereocenters. The molecule has 3 nitrogen and oxygen atoms in total. The average Bonchev–Trinajstić information content (AvgIpc) is 3.52. The standard InChI is InChI=1S/C43H28N2O/c1-2-10-29(11-3-1)30-18-22-33(23-19-30)45(41-28-44-27-40-38-16-8-9-17-42(38)46-43(40)41)34-24-20-31(21-25-34)39-26-32-12-4-5-13-35(32)36-14-6-7-15-37(36)39/h1-28H. The third-order valence-electron chi connectivity index (χ3n) is 8.95. The Morgan fingerprint density at radius 2 is 1.02 bits per heavy atom. The zero-order valence-corrected chi connectivity index (χ0v) is 25.0. The lowest BCUT2D eigenvalue weighted by Crippen LogP contribution is -2.10. The second kappa shape index (κ2) is 10.8. The van der Waals surface area contributed by atoms with Crippen LogP contribution in [0.5, 0.6) is 0 Å². The Morgan fingerprint density at radius 3 is 1.78 bits per heavy atom. The molecule has 0 fully saturated rings. The minimum Gasteiger partial charge on any atom is -0.454 e. The average molecular weight is 589 g/mol. The van der Waals surface area contributed by atoms with Gasteiger partial charge in [0.1, 0.15) is 11.3 Å². The van der Waals surface area contributed by atoms with Gasteiger partial charge in [-0.2, -0.15) is 0 Å². The van der Waals surface area contributed by atoms with Crippen LogP contribution in [0.15, 0.2) is 175 Å². The van der Waals surface area contributed by atoms with Crippen LogP contribution in [0, 0.1) is 0 Å². The monoisotopic (exact) mass is 588 g/mol. The summed E-state index contributed by atoms with van der Waals surface area (Å²) in [5.74, 6) is 0. The van der Waals surface area contributed by atoms with Crippen LogP contribution in [0.4, 0.5) is 17.1 Å². The van der Waals surface area contributed by atoms with Crippen LogP contribution in [0.25, 0.3) is 65.7 Å². The molecule has 0 saturated heterocycles. The molecule has 9 rings (SSSR count). The van der Waals surface area contributed by atoms with E-state index < -0.39 is 0 Å². The van der Waals surface area contributed by atoms with Crippen LogP contribution in [0.2, 0.25) is 0 Å². The van der Waals surface area contributed by atoms with Gasteiger partial charge in [-0.1, -0.05) is 121 Å². The molecule has 2 aromatic heterocycles. The summed E-state index contributed by atoms with van der Waals surface area (Å²) in [6, 6.07) is 55.8. The predicted molar refractivity (Wildman–Crippen MR) is 192 cm³/mol. The minimum absolute atomic E-state index is 0.813. The molecule has 0 aliphatic carbocycles. The number of furan rings is 1. The Kier molecular flexibility index (Phi) is 6.14. The van der Waals surface area contributed by atoms with Gasteiger partial charge in [-0.15, -0.1) is 0 Å². The number of fused-ring (bicyclic) bond motifs is 6. The minimum atomic E-state index is 0.813. The molecule has 216 valence electrons. The number of nitrogens with zero attached hydrogens (tertiary/aromatic N) is 2. The summed E-state index contributed by atoms with van der Waals surface area (Å²) >= 11 is 0. The topological polar surface area (TPSA) is 29.3 Å². The van der Waals surface area contributed by atoms with Crippen molar-refractivity contribution in [1.29, 1.82) is 0 Å². The van der Waals surface area contributed by atoms with Crippen LogP contribution in [0.3, 0.4) is 0 Å². The number of pyridine rings is 1. The molecular formula is C43H28N2O. The zero-order valence-electron chi connectivity index (χ0n) is 25.0.